The Morgan fingerprint density at radius 3 is 2.95 bits per heavy atom. The van der Waals surface area contributed by atoms with Crippen LogP contribution in [0.4, 0.5) is 5.69 Å². The van der Waals surface area contributed by atoms with Crippen molar-refractivity contribution in [2.75, 3.05) is 10.6 Å². The third-order valence-corrected chi connectivity index (χ3v) is 3.37. The van der Waals surface area contributed by atoms with Crippen LogP contribution in [0.5, 0.6) is 0 Å². The van der Waals surface area contributed by atoms with Crippen molar-refractivity contribution in [3.8, 4) is 11.4 Å². The maximum atomic E-state index is 11.8. The van der Waals surface area contributed by atoms with Gasteiger partial charge in [-0.2, -0.15) is 0 Å². The van der Waals surface area contributed by atoms with Crippen molar-refractivity contribution in [2.24, 2.45) is 7.05 Å². The Morgan fingerprint density at radius 2 is 2.25 bits per heavy atom. The zero-order valence-corrected chi connectivity index (χ0v) is 12.8. The monoisotopic (exact) mass is 337 g/mol. The number of rotatable bonds is 6. The molecule has 0 aliphatic heterocycles. The van der Waals surface area contributed by atoms with Gasteiger partial charge in [0.1, 0.15) is 0 Å². The number of aryl methyl sites for hydroxylation is 1. The van der Waals surface area contributed by atoms with Crippen LogP contribution in [0.25, 0.3) is 11.4 Å². The van der Waals surface area contributed by atoms with Gasteiger partial charge in [-0.3, -0.25) is 4.79 Å². The van der Waals surface area contributed by atoms with Gasteiger partial charge in [0.2, 0.25) is 5.91 Å². The van der Waals surface area contributed by atoms with Gasteiger partial charge in [0, 0.05) is 30.0 Å². The van der Waals surface area contributed by atoms with Crippen LogP contribution in [0, 0.1) is 0 Å². The van der Waals surface area contributed by atoms with E-state index in [1.807, 2.05) is 24.3 Å². The highest BCUT2D eigenvalue weighted by atomic mass is 79.9. The molecular weight excluding hydrogens is 322 g/mol. The molecule has 1 N–H and O–H groups in total. The van der Waals surface area contributed by atoms with Crippen LogP contribution < -0.4 is 5.32 Å². The molecule has 0 atom stereocenters. The van der Waals surface area contributed by atoms with E-state index < -0.39 is 0 Å². The van der Waals surface area contributed by atoms with E-state index in [1.54, 1.807) is 11.7 Å². The molecule has 2 rings (SSSR count). The van der Waals surface area contributed by atoms with Crippen LogP contribution in [0.1, 0.15) is 19.3 Å². The number of hydrogen-bond acceptors (Lipinski definition) is 4. The van der Waals surface area contributed by atoms with E-state index >= 15 is 0 Å². The number of unbranched alkanes of at least 4 members (excludes halogenated alkanes) is 1. The lowest BCUT2D eigenvalue weighted by Crippen LogP contribution is -2.11. The molecule has 2 aromatic rings. The first kappa shape index (κ1) is 14.6. The lowest BCUT2D eigenvalue weighted by molar-refractivity contribution is -0.116. The molecule has 0 bridgehead atoms. The highest BCUT2D eigenvalue weighted by molar-refractivity contribution is 9.09. The third kappa shape index (κ3) is 3.86. The first-order chi connectivity index (χ1) is 9.70. The summed E-state index contributed by atoms with van der Waals surface area (Å²) in [5.74, 6) is 0.694. The maximum Gasteiger partial charge on any atom is 0.224 e. The average molecular weight is 338 g/mol. The molecule has 0 aliphatic carbocycles. The number of hydrogen-bond donors (Lipinski definition) is 1. The van der Waals surface area contributed by atoms with Crippen LogP contribution >= 0.6 is 15.9 Å². The molecule has 0 spiro atoms. The van der Waals surface area contributed by atoms with Crippen LogP contribution in [0.3, 0.4) is 0 Å². The molecule has 1 amide bonds. The summed E-state index contributed by atoms with van der Waals surface area (Å²) in [7, 11) is 1.78. The van der Waals surface area contributed by atoms with Crippen molar-refractivity contribution < 1.29 is 4.79 Å². The zero-order valence-electron chi connectivity index (χ0n) is 11.2. The molecule has 106 valence electrons. The number of nitrogens with zero attached hydrogens (tertiary/aromatic N) is 4. The predicted octanol–water partition coefficient (Wildman–Crippen LogP) is 2.38. The fourth-order valence-electron chi connectivity index (χ4n) is 1.81. The topological polar surface area (TPSA) is 72.7 Å². The Bertz CT molecular complexity index is 584. The predicted molar refractivity (Wildman–Crippen MR) is 80.5 cm³/mol. The number of carbonyl (C=O) groups is 1. The standard InChI is InChI=1S/C13H16BrN5O/c1-19-13(16-17-18-19)10-5-4-6-11(9-10)15-12(20)7-2-3-8-14/h4-6,9H,2-3,7-8H2,1H3,(H,15,20). The van der Waals surface area contributed by atoms with Crippen LogP contribution in [-0.2, 0) is 11.8 Å². The molecule has 0 saturated carbocycles. The average Bonchev–Trinajstić information content (AvgIpc) is 2.85. The van der Waals surface area contributed by atoms with Crippen molar-refractivity contribution in [2.45, 2.75) is 19.3 Å². The Morgan fingerprint density at radius 1 is 1.40 bits per heavy atom. The fourth-order valence-corrected chi connectivity index (χ4v) is 2.21. The third-order valence-electron chi connectivity index (χ3n) is 2.81. The summed E-state index contributed by atoms with van der Waals surface area (Å²) in [5, 5.41) is 15.2. The summed E-state index contributed by atoms with van der Waals surface area (Å²) < 4.78 is 1.59. The molecule has 0 aliphatic rings. The number of halogens is 1. The summed E-state index contributed by atoms with van der Waals surface area (Å²) in [6.45, 7) is 0. The van der Waals surface area contributed by atoms with Gasteiger partial charge in [-0.25, -0.2) is 4.68 Å². The van der Waals surface area contributed by atoms with Crippen LogP contribution in [-0.4, -0.2) is 31.4 Å². The number of alkyl halides is 1. The van der Waals surface area contributed by atoms with Gasteiger partial charge >= 0.3 is 0 Å². The quantitative estimate of drug-likeness (QED) is 0.648. The second-order valence-electron chi connectivity index (χ2n) is 4.40. The SMILES string of the molecule is Cn1nnnc1-c1cccc(NC(=O)CCCCBr)c1. The van der Waals surface area contributed by atoms with Crippen LogP contribution in [0.2, 0.25) is 0 Å². The molecular formula is C13H16BrN5O. The summed E-state index contributed by atoms with van der Waals surface area (Å²) in [6.07, 6.45) is 2.41. The second-order valence-corrected chi connectivity index (χ2v) is 5.19. The van der Waals surface area contributed by atoms with E-state index in [9.17, 15) is 4.79 Å². The van der Waals surface area contributed by atoms with Gasteiger partial charge in [0.25, 0.3) is 0 Å². The van der Waals surface area contributed by atoms with Gasteiger partial charge in [0.05, 0.1) is 0 Å². The molecule has 20 heavy (non-hydrogen) atoms. The van der Waals surface area contributed by atoms with Crippen LogP contribution in [0.15, 0.2) is 24.3 Å². The summed E-state index contributed by atoms with van der Waals surface area (Å²) >= 11 is 3.35. The minimum absolute atomic E-state index is 0.0270. The van der Waals surface area contributed by atoms with E-state index in [-0.39, 0.29) is 5.91 Å². The van der Waals surface area contributed by atoms with Gasteiger partial charge in [-0.15, -0.1) is 5.10 Å². The summed E-state index contributed by atoms with van der Waals surface area (Å²) in [5.41, 5.74) is 1.63. The van der Waals surface area contributed by atoms with Crippen molar-refractivity contribution >= 4 is 27.5 Å². The van der Waals surface area contributed by atoms with Crippen molar-refractivity contribution in [1.29, 1.82) is 0 Å². The molecule has 1 aromatic heterocycles. The van der Waals surface area contributed by atoms with E-state index in [2.05, 4.69) is 36.8 Å². The van der Waals surface area contributed by atoms with Crippen molar-refractivity contribution in [3.63, 3.8) is 0 Å². The Kier molecular flexibility index (Phi) is 5.23. The summed E-state index contributed by atoms with van der Waals surface area (Å²) in [4.78, 5) is 11.8. The smallest absolute Gasteiger partial charge is 0.224 e. The zero-order chi connectivity index (χ0) is 14.4. The molecule has 0 radical (unpaired) electrons. The number of anilines is 1. The van der Waals surface area contributed by atoms with Gasteiger partial charge in [-0.05, 0) is 35.4 Å². The number of carbonyl (C=O) groups excluding carboxylic acids is 1. The number of amides is 1. The number of aromatic nitrogens is 4. The molecule has 7 heteroatoms. The fraction of sp³-hybridized carbons (Fsp3) is 0.385. The van der Waals surface area contributed by atoms with Crippen molar-refractivity contribution in [1.82, 2.24) is 20.2 Å². The molecule has 6 nitrogen and oxygen atoms in total. The Labute approximate surface area is 125 Å². The number of tetrazole rings is 1. The molecule has 0 saturated heterocycles. The first-order valence-electron chi connectivity index (χ1n) is 6.39. The van der Waals surface area contributed by atoms with Gasteiger partial charge < -0.3 is 5.32 Å². The minimum atomic E-state index is 0.0270. The largest absolute Gasteiger partial charge is 0.326 e. The van der Waals surface area contributed by atoms with Gasteiger partial charge in [-0.1, -0.05) is 28.1 Å². The maximum absolute atomic E-state index is 11.8. The molecule has 1 aromatic carbocycles. The van der Waals surface area contributed by atoms with E-state index in [0.29, 0.717) is 12.2 Å². The lowest BCUT2D eigenvalue weighted by atomic mass is 10.2. The Balaban J connectivity index is 2.03. The van der Waals surface area contributed by atoms with E-state index in [4.69, 9.17) is 0 Å². The van der Waals surface area contributed by atoms with E-state index in [0.717, 1.165) is 29.4 Å². The normalized spacial score (nSPS) is 10.5. The number of benzene rings is 1. The highest BCUT2D eigenvalue weighted by Crippen LogP contribution is 2.19. The highest BCUT2D eigenvalue weighted by Gasteiger charge is 2.07. The van der Waals surface area contributed by atoms with Gasteiger partial charge in [0.15, 0.2) is 5.82 Å². The molecule has 0 unspecified atom stereocenters. The summed E-state index contributed by atoms with van der Waals surface area (Å²) in [6, 6.07) is 7.51. The molecule has 0 fully saturated rings. The Hall–Kier alpha value is -1.76. The molecule has 1 heterocycles. The minimum Gasteiger partial charge on any atom is -0.326 e. The second kappa shape index (κ2) is 7.14. The van der Waals surface area contributed by atoms with E-state index in [1.165, 1.54) is 0 Å². The first-order valence-corrected chi connectivity index (χ1v) is 7.51. The lowest BCUT2D eigenvalue weighted by Gasteiger charge is -2.06. The number of nitrogens with one attached hydrogen (secondary N) is 1. The van der Waals surface area contributed by atoms with Crippen molar-refractivity contribution in [3.05, 3.63) is 24.3 Å².